The lowest BCUT2D eigenvalue weighted by atomic mass is 9.90. The van der Waals surface area contributed by atoms with Crippen LogP contribution in [0.3, 0.4) is 0 Å². The van der Waals surface area contributed by atoms with E-state index in [-0.39, 0.29) is 11.0 Å². The summed E-state index contributed by atoms with van der Waals surface area (Å²) in [6.07, 6.45) is -1.08. The lowest BCUT2D eigenvalue weighted by Crippen LogP contribution is -2.57. The Bertz CT molecular complexity index is 1090. The molecule has 3 aromatic rings. The van der Waals surface area contributed by atoms with Crippen LogP contribution in [0, 0.1) is 20.8 Å². The maximum Gasteiger partial charge on any atom is 0.233 e. The predicted octanol–water partition coefficient (Wildman–Crippen LogP) is 6.54. The molecule has 34 heavy (non-hydrogen) atoms. The highest BCUT2D eigenvalue weighted by molar-refractivity contribution is 7.80. The number of amides is 1. The van der Waals surface area contributed by atoms with E-state index in [0.717, 1.165) is 33.5 Å². The van der Waals surface area contributed by atoms with Gasteiger partial charge in [-0.2, -0.15) is 0 Å². The van der Waals surface area contributed by atoms with E-state index in [2.05, 4.69) is 28.1 Å². The van der Waals surface area contributed by atoms with Crippen molar-refractivity contribution >= 4 is 63.7 Å². The monoisotopic (exact) mass is 533 g/mol. The lowest BCUT2D eigenvalue weighted by molar-refractivity contribution is -0.122. The number of carbonyl (C=O) groups is 1. The number of anilines is 1. The second kappa shape index (κ2) is 11.4. The minimum Gasteiger partial charge on any atom is -0.339 e. The van der Waals surface area contributed by atoms with Crippen molar-refractivity contribution in [2.45, 2.75) is 36.6 Å². The van der Waals surface area contributed by atoms with Crippen LogP contribution in [0.5, 0.6) is 0 Å². The molecule has 0 spiro atoms. The zero-order valence-electron chi connectivity index (χ0n) is 19.0. The predicted molar refractivity (Wildman–Crippen MR) is 147 cm³/mol. The fraction of sp³-hybridized carbons (Fsp3) is 0.231. The number of hydrogen-bond donors (Lipinski definition) is 3. The Morgan fingerprint density at radius 3 is 1.74 bits per heavy atom. The molecule has 0 bridgehead atoms. The first-order chi connectivity index (χ1) is 16.1. The number of hydrogen-bond acceptors (Lipinski definition) is 2. The molecule has 0 saturated carbocycles. The molecule has 4 nitrogen and oxygen atoms in total. The van der Waals surface area contributed by atoms with Crippen LogP contribution in [0.15, 0.2) is 72.8 Å². The van der Waals surface area contributed by atoms with Crippen molar-refractivity contribution in [3.05, 3.63) is 101 Å². The Morgan fingerprint density at radius 1 is 0.824 bits per heavy atom. The number of aryl methyl sites for hydroxylation is 3. The Balaban J connectivity index is 1.83. The van der Waals surface area contributed by atoms with E-state index in [9.17, 15) is 4.79 Å². The van der Waals surface area contributed by atoms with Gasteiger partial charge >= 0.3 is 0 Å². The van der Waals surface area contributed by atoms with Crippen molar-refractivity contribution in [2.24, 2.45) is 0 Å². The molecule has 0 fully saturated rings. The molecule has 0 aliphatic carbocycles. The number of halogens is 3. The van der Waals surface area contributed by atoms with Crippen LogP contribution in [0.1, 0.15) is 33.7 Å². The standard InChI is InChI=1S/C26H26Cl3N3OS/c1-16-14-17(2)22(18(3)15-16)30-25(34)32-24(26(27,28)29)31-23(33)21(19-10-6-4-7-11-19)20-12-8-5-9-13-20/h4-15,21,24H,1-3H3,(H,31,33)(H2,30,32,34). The van der Waals surface area contributed by atoms with Crippen LogP contribution < -0.4 is 16.0 Å². The first-order valence-corrected chi connectivity index (χ1v) is 12.2. The van der Waals surface area contributed by atoms with Crippen molar-refractivity contribution < 1.29 is 4.79 Å². The molecule has 0 aliphatic heterocycles. The van der Waals surface area contributed by atoms with Gasteiger partial charge < -0.3 is 16.0 Å². The SMILES string of the molecule is Cc1cc(C)c(NC(=S)NC(NC(=O)C(c2ccccc2)c2ccccc2)C(Cl)(Cl)Cl)c(C)c1. The first kappa shape index (κ1) is 26.3. The zero-order valence-corrected chi connectivity index (χ0v) is 22.1. The summed E-state index contributed by atoms with van der Waals surface area (Å²) in [5, 5.41) is 9.18. The molecule has 178 valence electrons. The van der Waals surface area contributed by atoms with Gasteiger partial charge in [0, 0.05) is 5.69 Å². The topological polar surface area (TPSA) is 53.2 Å². The number of thiocarbonyl (C=S) groups is 1. The molecular formula is C26H26Cl3N3OS. The van der Waals surface area contributed by atoms with Crippen molar-refractivity contribution in [1.82, 2.24) is 10.6 Å². The second-order valence-corrected chi connectivity index (χ2v) is 10.9. The normalized spacial score (nSPS) is 12.2. The minimum atomic E-state index is -1.86. The third-order valence-electron chi connectivity index (χ3n) is 5.33. The van der Waals surface area contributed by atoms with E-state index < -0.39 is 15.9 Å². The van der Waals surface area contributed by atoms with E-state index in [1.54, 1.807) is 0 Å². The van der Waals surface area contributed by atoms with Gasteiger partial charge in [-0.05, 0) is 55.2 Å². The molecule has 0 radical (unpaired) electrons. The van der Waals surface area contributed by atoms with Crippen LogP contribution in [-0.2, 0) is 4.79 Å². The summed E-state index contributed by atoms with van der Waals surface area (Å²) < 4.78 is -1.86. The van der Waals surface area contributed by atoms with Gasteiger partial charge in [0.1, 0.15) is 6.17 Å². The van der Waals surface area contributed by atoms with Crippen molar-refractivity contribution in [1.29, 1.82) is 0 Å². The van der Waals surface area contributed by atoms with Crippen molar-refractivity contribution in [2.75, 3.05) is 5.32 Å². The number of carbonyl (C=O) groups excluding carboxylic acids is 1. The fourth-order valence-electron chi connectivity index (χ4n) is 3.87. The fourth-order valence-corrected chi connectivity index (χ4v) is 4.42. The van der Waals surface area contributed by atoms with E-state index in [1.165, 1.54) is 0 Å². The lowest BCUT2D eigenvalue weighted by Gasteiger charge is -2.30. The molecule has 0 aliphatic rings. The van der Waals surface area contributed by atoms with Gasteiger partial charge in [0.25, 0.3) is 0 Å². The number of alkyl halides is 3. The highest BCUT2D eigenvalue weighted by atomic mass is 35.6. The van der Waals surface area contributed by atoms with E-state index >= 15 is 0 Å². The van der Waals surface area contributed by atoms with Crippen LogP contribution in [-0.4, -0.2) is 21.0 Å². The molecular weight excluding hydrogens is 509 g/mol. The Morgan fingerprint density at radius 2 is 1.29 bits per heavy atom. The third-order valence-corrected chi connectivity index (χ3v) is 6.21. The summed E-state index contributed by atoms with van der Waals surface area (Å²) in [7, 11) is 0. The summed E-state index contributed by atoms with van der Waals surface area (Å²) in [5.41, 5.74) is 5.72. The van der Waals surface area contributed by atoms with Gasteiger partial charge in [-0.1, -0.05) is 113 Å². The van der Waals surface area contributed by atoms with E-state index in [1.807, 2.05) is 81.4 Å². The maximum absolute atomic E-state index is 13.5. The Hall–Kier alpha value is -2.31. The van der Waals surface area contributed by atoms with Gasteiger partial charge in [0.2, 0.25) is 9.70 Å². The summed E-state index contributed by atoms with van der Waals surface area (Å²) in [6, 6.07) is 23.0. The third kappa shape index (κ3) is 6.86. The first-order valence-electron chi connectivity index (χ1n) is 10.7. The van der Waals surface area contributed by atoms with Crippen LogP contribution in [0.4, 0.5) is 5.69 Å². The molecule has 8 heteroatoms. The molecule has 1 amide bonds. The average molecular weight is 535 g/mol. The minimum absolute atomic E-state index is 0.225. The van der Waals surface area contributed by atoms with Crippen LogP contribution in [0.2, 0.25) is 0 Å². The second-order valence-electron chi connectivity index (χ2n) is 8.11. The Labute approximate surface area is 221 Å². The summed E-state index contributed by atoms with van der Waals surface area (Å²) in [4.78, 5) is 13.5. The number of rotatable bonds is 6. The van der Waals surface area contributed by atoms with Gasteiger partial charge in [0.05, 0.1) is 5.92 Å². The van der Waals surface area contributed by atoms with Gasteiger partial charge in [-0.15, -0.1) is 0 Å². The Kier molecular flexibility index (Phi) is 8.83. The van der Waals surface area contributed by atoms with Gasteiger partial charge in [0.15, 0.2) is 5.11 Å². The quantitative estimate of drug-likeness (QED) is 0.191. The van der Waals surface area contributed by atoms with Crippen molar-refractivity contribution in [3.8, 4) is 0 Å². The van der Waals surface area contributed by atoms with E-state index in [0.29, 0.717) is 0 Å². The molecule has 3 N–H and O–H groups in total. The number of nitrogens with one attached hydrogen (secondary N) is 3. The van der Waals surface area contributed by atoms with Crippen molar-refractivity contribution in [3.63, 3.8) is 0 Å². The summed E-state index contributed by atoms with van der Waals surface area (Å²) in [6.45, 7) is 6.01. The van der Waals surface area contributed by atoms with Gasteiger partial charge in [-0.25, -0.2) is 0 Å². The molecule has 0 aromatic heterocycles. The highest BCUT2D eigenvalue weighted by Gasteiger charge is 2.36. The molecule has 1 atom stereocenters. The average Bonchev–Trinajstić information content (AvgIpc) is 2.77. The largest absolute Gasteiger partial charge is 0.339 e. The van der Waals surface area contributed by atoms with Crippen LogP contribution >= 0.6 is 47.0 Å². The summed E-state index contributed by atoms with van der Waals surface area (Å²) >= 11 is 24.2. The summed E-state index contributed by atoms with van der Waals surface area (Å²) in [5.74, 6) is -0.922. The van der Waals surface area contributed by atoms with Gasteiger partial charge in [-0.3, -0.25) is 4.79 Å². The highest BCUT2D eigenvalue weighted by Crippen LogP contribution is 2.31. The number of benzene rings is 3. The molecule has 3 rings (SSSR count). The molecule has 0 saturated heterocycles. The molecule has 3 aromatic carbocycles. The molecule has 1 unspecified atom stereocenters. The zero-order chi connectivity index (χ0) is 24.9. The smallest absolute Gasteiger partial charge is 0.233 e. The van der Waals surface area contributed by atoms with Crippen LogP contribution in [0.25, 0.3) is 0 Å². The maximum atomic E-state index is 13.5. The molecule has 0 heterocycles. The van der Waals surface area contributed by atoms with E-state index in [4.69, 9.17) is 47.0 Å².